The molecule has 1 saturated carbocycles. The number of carbonyl (C=O) groups is 3. The number of amides is 3. The van der Waals surface area contributed by atoms with Gasteiger partial charge in [-0.1, -0.05) is 43.0 Å². The van der Waals surface area contributed by atoms with E-state index in [9.17, 15) is 14.4 Å². The van der Waals surface area contributed by atoms with Crippen LogP contribution < -0.4 is 4.90 Å². The highest BCUT2D eigenvalue weighted by molar-refractivity contribution is 6.33. The van der Waals surface area contributed by atoms with Crippen LogP contribution in [0.2, 0.25) is 5.02 Å². The summed E-state index contributed by atoms with van der Waals surface area (Å²) >= 11 is 6.28. The number of likely N-dealkylation sites (tertiary alicyclic amines) is 1. The zero-order valence-electron chi connectivity index (χ0n) is 16.7. The van der Waals surface area contributed by atoms with Gasteiger partial charge < -0.3 is 9.80 Å². The Kier molecular flexibility index (Phi) is 5.81. The van der Waals surface area contributed by atoms with Gasteiger partial charge in [-0.15, -0.1) is 0 Å². The van der Waals surface area contributed by atoms with Crippen molar-refractivity contribution in [3.63, 3.8) is 0 Å². The van der Waals surface area contributed by atoms with Gasteiger partial charge in [-0.05, 0) is 25.0 Å². The molecule has 2 heterocycles. The minimum atomic E-state index is -0.473. The van der Waals surface area contributed by atoms with Gasteiger partial charge in [-0.2, -0.15) is 0 Å². The van der Waals surface area contributed by atoms with Crippen molar-refractivity contribution >= 4 is 35.0 Å². The zero-order valence-corrected chi connectivity index (χ0v) is 17.5. The van der Waals surface area contributed by atoms with E-state index in [0.717, 1.165) is 55.9 Å². The number of halogens is 1. The molecule has 3 aliphatic rings. The number of carbonyl (C=O) groups excluding carboxylic acids is 3. The summed E-state index contributed by atoms with van der Waals surface area (Å²) in [6, 6.07) is 7.73. The smallest absolute Gasteiger partial charge is 0.235 e. The molecule has 0 aromatic heterocycles. The lowest BCUT2D eigenvalue weighted by molar-refractivity contribution is -0.143. The predicted molar refractivity (Wildman–Crippen MR) is 112 cm³/mol. The van der Waals surface area contributed by atoms with Crippen LogP contribution in [0.1, 0.15) is 44.9 Å². The van der Waals surface area contributed by atoms with Crippen molar-refractivity contribution in [2.45, 2.75) is 44.9 Å². The Morgan fingerprint density at radius 3 is 2.38 bits per heavy atom. The molecular weight excluding hydrogens is 390 g/mol. The van der Waals surface area contributed by atoms with Crippen molar-refractivity contribution in [3.05, 3.63) is 29.3 Å². The van der Waals surface area contributed by atoms with E-state index in [1.54, 1.807) is 0 Å². The van der Waals surface area contributed by atoms with Gasteiger partial charge in [0.2, 0.25) is 17.7 Å². The number of anilines is 1. The average Bonchev–Trinajstić information content (AvgIpc) is 2.96. The molecule has 0 unspecified atom stereocenters. The highest BCUT2D eigenvalue weighted by Crippen LogP contribution is 2.45. The third kappa shape index (κ3) is 4.00. The van der Waals surface area contributed by atoms with Crippen LogP contribution >= 0.6 is 11.6 Å². The molecule has 1 aliphatic carbocycles. The minimum absolute atomic E-state index is 0.00834. The summed E-state index contributed by atoms with van der Waals surface area (Å²) in [5.41, 5.74) is 0.520. The van der Waals surface area contributed by atoms with E-state index < -0.39 is 5.41 Å². The fourth-order valence-electron chi connectivity index (χ4n) is 4.98. The van der Waals surface area contributed by atoms with Gasteiger partial charge in [-0.25, -0.2) is 0 Å². The van der Waals surface area contributed by atoms with Crippen molar-refractivity contribution in [1.29, 1.82) is 0 Å². The summed E-state index contributed by atoms with van der Waals surface area (Å²) in [7, 11) is 0. The van der Waals surface area contributed by atoms with E-state index in [0.29, 0.717) is 19.5 Å². The van der Waals surface area contributed by atoms with Crippen LogP contribution in [0.4, 0.5) is 5.69 Å². The first-order valence-electron chi connectivity index (χ1n) is 10.6. The first-order valence-corrected chi connectivity index (χ1v) is 11.0. The van der Waals surface area contributed by atoms with Crippen LogP contribution in [0, 0.1) is 5.41 Å². The maximum absolute atomic E-state index is 12.9. The quantitative estimate of drug-likeness (QED) is 0.706. The number of piperazine rings is 1. The highest BCUT2D eigenvalue weighted by Gasteiger charge is 2.51. The Balaban J connectivity index is 1.29. The molecule has 1 spiro atoms. The molecule has 0 bridgehead atoms. The number of nitrogens with zero attached hydrogens (tertiary/aromatic N) is 3. The molecule has 4 rings (SSSR count). The highest BCUT2D eigenvalue weighted by atomic mass is 35.5. The number of benzene rings is 1. The lowest BCUT2D eigenvalue weighted by atomic mass is 9.73. The Bertz CT molecular complexity index is 798. The molecule has 1 aromatic carbocycles. The van der Waals surface area contributed by atoms with Gasteiger partial charge in [-0.3, -0.25) is 19.3 Å². The summed E-state index contributed by atoms with van der Waals surface area (Å²) in [4.78, 5) is 43.4. The van der Waals surface area contributed by atoms with E-state index in [1.807, 2.05) is 29.2 Å². The van der Waals surface area contributed by atoms with Crippen LogP contribution in [0.5, 0.6) is 0 Å². The Labute approximate surface area is 176 Å². The largest absolute Gasteiger partial charge is 0.367 e. The topological polar surface area (TPSA) is 60.9 Å². The maximum Gasteiger partial charge on any atom is 0.235 e. The summed E-state index contributed by atoms with van der Waals surface area (Å²) in [6.07, 6.45) is 5.33. The number of rotatable bonds is 4. The van der Waals surface area contributed by atoms with Crippen molar-refractivity contribution in [2.75, 3.05) is 37.6 Å². The van der Waals surface area contributed by atoms with E-state index in [-0.39, 0.29) is 30.7 Å². The SMILES string of the molecule is O=C(CCN1C(=O)CC2(CCCCC2)C1=O)N1CCN(c2ccccc2Cl)CC1. The number of hydrogen-bond acceptors (Lipinski definition) is 4. The molecule has 0 atom stereocenters. The first-order chi connectivity index (χ1) is 14.0. The fourth-order valence-corrected chi connectivity index (χ4v) is 5.23. The molecule has 29 heavy (non-hydrogen) atoms. The summed E-state index contributed by atoms with van der Waals surface area (Å²) in [5, 5.41) is 0.718. The van der Waals surface area contributed by atoms with E-state index in [2.05, 4.69) is 4.90 Å². The van der Waals surface area contributed by atoms with Gasteiger partial charge in [0.1, 0.15) is 0 Å². The molecule has 6 nitrogen and oxygen atoms in total. The normalized spacial score (nSPS) is 21.9. The lowest BCUT2D eigenvalue weighted by Crippen LogP contribution is -2.49. The molecular formula is C22H28ClN3O3. The Hall–Kier alpha value is -2.08. The van der Waals surface area contributed by atoms with Gasteiger partial charge in [0, 0.05) is 45.6 Å². The van der Waals surface area contributed by atoms with Crippen LogP contribution in [-0.4, -0.2) is 60.2 Å². The minimum Gasteiger partial charge on any atom is -0.367 e. The fraction of sp³-hybridized carbons (Fsp3) is 0.591. The molecule has 3 amide bonds. The van der Waals surface area contributed by atoms with E-state index >= 15 is 0 Å². The number of imide groups is 1. The molecule has 2 aliphatic heterocycles. The number of hydrogen-bond donors (Lipinski definition) is 0. The number of para-hydroxylation sites is 1. The molecule has 2 saturated heterocycles. The first kappa shape index (κ1) is 20.2. The second-order valence-corrected chi connectivity index (χ2v) is 8.84. The van der Waals surface area contributed by atoms with Gasteiger partial charge >= 0.3 is 0 Å². The second kappa shape index (κ2) is 8.34. The van der Waals surface area contributed by atoms with Crippen LogP contribution in [0.15, 0.2) is 24.3 Å². The van der Waals surface area contributed by atoms with Gasteiger partial charge in [0.15, 0.2) is 0 Å². The zero-order chi connectivity index (χ0) is 20.4. The molecule has 0 radical (unpaired) electrons. The third-order valence-electron chi connectivity index (χ3n) is 6.67. The average molecular weight is 418 g/mol. The summed E-state index contributed by atoms with van der Waals surface area (Å²) < 4.78 is 0. The Morgan fingerprint density at radius 2 is 1.69 bits per heavy atom. The monoisotopic (exact) mass is 417 g/mol. The van der Waals surface area contributed by atoms with Gasteiger partial charge in [0.05, 0.1) is 16.1 Å². The predicted octanol–water partition coefficient (Wildman–Crippen LogP) is 3.09. The van der Waals surface area contributed by atoms with Gasteiger partial charge in [0.25, 0.3) is 0 Å². The summed E-state index contributed by atoms with van der Waals surface area (Å²) in [6.45, 7) is 2.90. The van der Waals surface area contributed by atoms with Crippen LogP contribution in [0.3, 0.4) is 0 Å². The van der Waals surface area contributed by atoms with Crippen molar-refractivity contribution in [3.8, 4) is 0 Å². The molecule has 7 heteroatoms. The lowest BCUT2D eigenvalue weighted by Gasteiger charge is -2.36. The molecule has 156 valence electrons. The van der Waals surface area contributed by atoms with Crippen molar-refractivity contribution in [2.24, 2.45) is 5.41 Å². The molecule has 3 fully saturated rings. The van der Waals surface area contributed by atoms with Crippen LogP contribution in [-0.2, 0) is 14.4 Å². The molecule has 0 N–H and O–H groups in total. The third-order valence-corrected chi connectivity index (χ3v) is 6.99. The van der Waals surface area contributed by atoms with Crippen molar-refractivity contribution < 1.29 is 14.4 Å². The van der Waals surface area contributed by atoms with E-state index in [1.165, 1.54) is 4.90 Å². The Morgan fingerprint density at radius 1 is 1.00 bits per heavy atom. The standard InChI is InChI=1S/C22H28ClN3O3/c23-17-6-2-3-7-18(17)24-12-14-25(15-13-24)19(27)8-11-26-20(28)16-22(21(26)29)9-4-1-5-10-22/h2-3,6-7H,1,4-5,8-16H2. The molecule has 1 aromatic rings. The van der Waals surface area contributed by atoms with E-state index in [4.69, 9.17) is 11.6 Å². The van der Waals surface area contributed by atoms with Crippen molar-refractivity contribution in [1.82, 2.24) is 9.80 Å². The summed E-state index contributed by atoms with van der Waals surface area (Å²) in [5.74, 6) is -0.138. The second-order valence-electron chi connectivity index (χ2n) is 8.44. The maximum atomic E-state index is 12.9. The van der Waals surface area contributed by atoms with Crippen LogP contribution in [0.25, 0.3) is 0 Å².